The van der Waals surface area contributed by atoms with Crippen molar-refractivity contribution in [3.8, 4) is 5.75 Å². The zero-order valence-corrected chi connectivity index (χ0v) is 16.4. The maximum absolute atomic E-state index is 9.68. The first-order valence-corrected chi connectivity index (χ1v) is 7.08. The van der Waals surface area contributed by atoms with E-state index in [2.05, 4.69) is 20.8 Å². The molecular weight excluding hydrogens is 452 g/mol. The van der Waals surface area contributed by atoms with Crippen molar-refractivity contribution in [2.75, 3.05) is 6.61 Å². The smallest absolute Gasteiger partial charge is 0.467 e. The molecule has 0 amide bonds. The molecule has 1 aliphatic heterocycles. The zero-order chi connectivity index (χ0) is 14.7. The first-order chi connectivity index (χ1) is 9.51. The summed E-state index contributed by atoms with van der Waals surface area (Å²) < 4.78 is 11.5. The van der Waals surface area contributed by atoms with Crippen molar-refractivity contribution in [1.29, 1.82) is 0 Å². The molecule has 0 bridgehead atoms. The van der Waals surface area contributed by atoms with Crippen LogP contribution >= 0.6 is 0 Å². The Balaban J connectivity index is 0.00000220. The maximum Gasteiger partial charge on any atom is 2.00 e. The van der Waals surface area contributed by atoms with E-state index in [4.69, 9.17) is 9.47 Å². The summed E-state index contributed by atoms with van der Waals surface area (Å²) in [7, 11) is 0. The Kier molecular flexibility index (Phi) is 9.33. The van der Waals surface area contributed by atoms with Crippen LogP contribution in [0, 0.1) is 14.4 Å². The summed E-state index contributed by atoms with van der Waals surface area (Å²) in [6, 6.07) is 5.82. The van der Waals surface area contributed by atoms with Crippen molar-refractivity contribution in [3.63, 3.8) is 0 Å². The molecule has 22 heavy (non-hydrogen) atoms. The molecule has 0 aromatic heterocycles. The molecule has 2 unspecified atom stereocenters. The van der Waals surface area contributed by atoms with Gasteiger partial charge >= 0.3 is 21.1 Å². The normalized spacial score (nSPS) is 24.3. The minimum Gasteiger partial charge on any atom is -0.467 e. The van der Waals surface area contributed by atoms with Gasteiger partial charge in [0.1, 0.15) is 11.9 Å². The molecule has 1 aromatic rings. The number of hydrogen-bond donors (Lipinski definition) is 2. The molecule has 1 aromatic carbocycles. The van der Waals surface area contributed by atoms with E-state index in [9.17, 15) is 10.2 Å². The molecule has 0 radical (unpaired) electrons. The standard InChI is InChI=1S/C16H23O4.CH3.W/c1-10(2)12-8-11(3)4-6-14(12)19-16-7-5-13(18)15(9-17)20-16;;/h4,6,8,10,13,15-18H,3,5,7,9H2,1-2H3;1H3;/q2*-1;+2/t13?,15-,16?;;/m1../s1. The summed E-state index contributed by atoms with van der Waals surface area (Å²) in [6.45, 7) is 7.94. The molecule has 5 heteroatoms. The van der Waals surface area contributed by atoms with E-state index in [1.807, 2.05) is 18.2 Å². The maximum atomic E-state index is 9.68. The van der Waals surface area contributed by atoms with Gasteiger partial charge in [-0.2, -0.15) is 24.6 Å². The van der Waals surface area contributed by atoms with Crippen LogP contribution in [0.3, 0.4) is 0 Å². The van der Waals surface area contributed by atoms with Crippen LogP contribution in [-0.2, 0) is 25.8 Å². The number of hydrogen-bond acceptors (Lipinski definition) is 4. The van der Waals surface area contributed by atoms with Gasteiger partial charge in [0.15, 0.2) is 6.29 Å². The average molecular weight is 478 g/mol. The van der Waals surface area contributed by atoms with Gasteiger partial charge in [-0.3, -0.25) is 0 Å². The van der Waals surface area contributed by atoms with Crippen LogP contribution in [0.15, 0.2) is 18.2 Å². The number of aliphatic hydroxyl groups is 2. The second-order valence-corrected chi connectivity index (χ2v) is 5.58. The molecule has 124 valence electrons. The molecule has 2 N–H and O–H groups in total. The SMILES string of the molecule is [CH2-]c1ccc(OC2CCC(O)[C@@H](CO)O2)c(C(C)C)c1.[CH3-].[W+2]. The summed E-state index contributed by atoms with van der Waals surface area (Å²) in [5.41, 5.74) is 2.04. The number of aliphatic hydroxyl groups excluding tert-OH is 2. The topological polar surface area (TPSA) is 58.9 Å². The van der Waals surface area contributed by atoms with E-state index in [0.29, 0.717) is 18.8 Å². The monoisotopic (exact) mass is 478 g/mol. The Bertz CT molecular complexity index is 450. The van der Waals surface area contributed by atoms with Crippen molar-refractivity contribution in [2.45, 2.75) is 51.1 Å². The van der Waals surface area contributed by atoms with Crippen LogP contribution < -0.4 is 4.74 Å². The second-order valence-electron chi connectivity index (χ2n) is 5.58. The van der Waals surface area contributed by atoms with Crippen LogP contribution in [0.2, 0.25) is 0 Å². The molecule has 1 fully saturated rings. The van der Waals surface area contributed by atoms with Gasteiger partial charge in [0.25, 0.3) is 0 Å². The van der Waals surface area contributed by atoms with Crippen molar-refractivity contribution in [2.24, 2.45) is 0 Å². The molecule has 0 saturated carbocycles. The minimum absolute atomic E-state index is 0. The zero-order valence-electron chi connectivity index (χ0n) is 13.5. The van der Waals surface area contributed by atoms with E-state index in [1.165, 1.54) is 0 Å². The van der Waals surface area contributed by atoms with Crippen LogP contribution in [0.1, 0.15) is 43.7 Å². The first-order valence-electron chi connectivity index (χ1n) is 7.08. The quantitative estimate of drug-likeness (QED) is 0.654. The molecule has 1 heterocycles. The molecule has 1 saturated heterocycles. The van der Waals surface area contributed by atoms with Gasteiger partial charge in [0.05, 0.1) is 12.7 Å². The van der Waals surface area contributed by atoms with Crippen molar-refractivity contribution in [3.05, 3.63) is 43.7 Å². The summed E-state index contributed by atoms with van der Waals surface area (Å²) >= 11 is 0. The molecule has 0 aliphatic carbocycles. The number of benzene rings is 1. The van der Waals surface area contributed by atoms with Gasteiger partial charge in [-0.25, -0.2) is 0 Å². The number of ether oxygens (including phenoxy) is 2. The Morgan fingerprint density at radius 3 is 2.64 bits per heavy atom. The summed E-state index contributed by atoms with van der Waals surface area (Å²) in [5, 5.41) is 18.9. The molecule has 2 rings (SSSR count). The van der Waals surface area contributed by atoms with Crippen LogP contribution in [0.5, 0.6) is 5.75 Å². The fourth-order valence-corrected chi connectivity index (χ4v) is 2.40. The third-order valence-corrected chi connectivity index (χ3v) is 3.59. The number of rotatable bonds is 4. The van der Waals surface area contributed by atoms with Gasteiger partial charge in [-0.05, 0) is 12.3 Å². The first kappa shape index (κ1) is 21.5. The van der Waals surface area contributed by atoms with E-state index >= 15 is 0 Å². The Hall–Kier alpha value is -0.542. The Morgan fingerprint density at radius 1 is 1.36 bits per heavy atom. The van der Waals surface area contributed by atoms with Crippen LogP contribution in [-0.4, -0.2) is 35.3 Å². The van der Waals surface area contributed by atoms with Gasteiger partial charge in [-0.15, -0.1) is 0 Å². The molecule has 4 nitrogen and oxygen atoms in total. The van der Waals surface area contributed by atoms with Crippen LogP contribution in [0.25, 0.3) is 0 Å². The van der Waals surface area contributed by atoms with Gasteiger partial charge in [-0.1, -0.05) is 25.5 Å². The average Bonchev–Trinajstić information content (AvgIpc) is 2.42. The van der Waals surface area contributed by atoms with E-state index < -0.39 is 18.5 Å². The molecule has 1 aliphatic rings. The van der Waals surface area contributed by atoms with Crippen molar-refractivity contribution in [1.82, 2.24) is 0 Å². The van der Waals surface area contributed by atoms with Gasteiger partial charge < -0.3 is 27.1 Å². The van der Waals surface area contributed by atoms with Gasteiger partial charge in [0, 0.05) is 6.42 Å². The Labute approximate surface area is 148 Å². The summed E-state index contributed by atoms with van der Waals surface area (Å²) in [4.78, 5) is 0. The van der Waals surface area contributed by atoms with Crippen molar-refractivity contribution >= 4 is 0 Å². The fourth-order valence-electron chi connectivity index (χ4n) is 2.40. The second kappa shape index (κ2) is 9.56. The summed E-state index contributed by atoms with van der Waals surface area (Å²) in [5.74, 6) is 1.11. The molecule has 0 spiro atoms. The third kappa shape index (κ3) is 5.27. The summed E-state index contributed by atoms with van der Waals surface area (Å²) in [6.07, 6.45) is -0.430. The third-order valence-electron chi connectivity index (χ3n) is 3.59. The van der Waals surface area contributed by atoms with E-state index in [1.54, 1.807) is 0 Å². The fraction of sp³-hybridized carbons (Fsp3) is 0.529. The Morgan fingerprint density at radius 2 is 2.05 bits per heavy atom. The van der Waals surface area contributed by atoms with E-state index in [-0.39, 0.29) is 35.1 Å². The van der Waals surface area contributed by atoms with Gasteiger partial charge in [0.2, 0.25) is 0 Å². The van der Waals surface area contributed by atoms with Crippen molar-refractivity contribution < 1.29 is 40.8 Å². The predicted molar refractivity (Wildman–Crippen MR) is 83.0 cm³/mol. The predicted octanol–water partition coefficient (Wildman–Crippen LogP) is 2.68. The largest absolute Gasteiger partial charge is 2.00 e. The molecular formula is C17H26O4W. The molecule has 3 atom stereocenters. The minimum atomic E-state index is -0.619. The van der Waals surface area contributed by atoms with E-state index in [0.717, 1.165) is 16.9 Å². The van der Waals surface area contributed by atoms with Crippen LogP contribution in [0.4, 0.5) is 0 Å².